The number of amides is 2. The van der Waals surface area contributed by atoms with E-state index >= 15 is 0 Å². The van der Waals surface area contributed by atoms with Gasteiger partial charge in [-0.25, -0.2) is 8.42 Å². The molecule has 0 heterocycles. The second kappa shape index (κ2) is 12.0. The highest BCUT2D eigenvalue weighted by atomic mass is 32.2. The Kier molecular flexibility index (Phi) is 9.57. The van der Waals surface area contributed by atoms with E-state index < -0.39 is 33.4 Å². The smallest absolute Gasteiger partial charge is 0.271 e. The number of nitro groups is 1. The number of non-ortho nitro benzene ring substituents is 1. The van der Waals surface area contributed by atoms with Gasteiger partial charge in [-0.3, -0.25) is 24.0 Å². The highest BCUT2D eigenvalue weighted by Crippen LogP contribution is 2.28. The molecule has 11 heteroatoms. The van der Waals surface area contributed by atoms with Gasteiger partial charge in [-0.05, 0) is 43.4 Å². The van der Waals surface area contributed by atoms with Crippen molar-refractivity contribution in [3.8, 4) is 0 Å². The molecule has 1 N–H and O–H groups in total. The fourth-order valence-corrected chi connectivity index (χ4v) is 4.48. The Balaban J connectivity index is 2.47. The monoisotopic (exact) mass is 518 g/mol. The molecule has 0 unspecified atom stereocenters. The number of nitrogens with one attached hydrogen (secondary N) is 1. The molecule has 0 saturated heterocycles. The van der Waals surface area contributed by atoms with E-state index in [1.807, 2.05) is 45.0 Å². The minimum absolute atomic E-state index is 0.0350. The molecule has 0 aliphatic carbocycles. The van der Waals surface area contributed by atoms with Crippen LogP contribution < -0.4 is 9.62 Å². The van der Waals surface area contributed by atoms with Gasteiger partial charge in [0, 0.05) is 25.2 Å². The summed E-state index contributed by atoms with van der Waals surface area (Å²) >= 11 is 0. The average Bonchev–Trinajstić information content (AvgIpc) is 2.79. The molecule has 1 atom stereocenters. The number of carbonyl (C=O) groups is 2. The lowest BCUT2D eigenvalue weighted by atomic mass is 10.1. The summed E-state index contributed by atoms with van der Waals surface area (Å²) in [5, 5.41) is 14.1. The molecule has 2 amide bonds. The second-order valence-corrected chi connectivity index (χ2v) is 11.2. The number of nitrogens with zero attached hydrogens (tertiary/aromatic N) is 3. The predicted octanol–water partition coefficient (Wildman–Crippen LogP) is 3.17. The molecule has 0 bridgehead atoms. The maximum atomic E-state index is 13.6. The third-order valence-electron chi connectivity index (χ3n) is 5.81. The normalized spacial score (nSPS) is 12.2. The van der Waals surface area contributed by atoms with Gasteiger partial charge in [-0.2, -0.15) is 0 Å². The van der Waals surface area contributed by atoms with Gasteiger partial charge < -0.3 is 10.2 Å². The molecule has 2 aromatic rings. The Morgan fingerprint density at radius 3 is 2.25 bits per heavy atom. The molecule has 0 fully saturated rings. The summed E-state index contributed by atoms with van der Waals surface area (Å²) < 4.78 is 26.3. The van der Waals surface area contributed by atoms with Crippen molar-refractivity contribution in [1.29, 1.82) is 0 Å². The maximum Gasteiger partial charge on any atom is 0.271 e. The van der Waals surface area contributed by atoms with Crippen LogP contribution in [0.4, 0.5) is 11.4 Å². The van der Waals surface area contributed by atoms with E-state index in [-0.39, 0.29) is 29.7 Å². The minimum atomic E-state index is -4.00. The zero-order chi connectivity index (χ0) is 27.2. The van der Waals surface area contributed by atoms with Crippen molar-refractivity contribution in [2.24, 2.45) is 5.92 Å². The molecule has 0 spiro atoms. The van der Waals surface area contributed by atoms with E-state index in [1.165, 1.54) is 17.0 Å². The Labute approximate surface area is 212 Å². The standard InChI is InChI=1S/C25H34N4O6S/c1-17(2)14-26-25(31)20(5)27(15-21-10-8-7-9-18(21)3)24(30)16-28(36(6,34)35)23-13-22(29(32)33)12-11-19(23)4/h7-13,17,20H,14-16H2,1-6H3,(H,26,31)/t20-/m1/s1. The maximum absolute atomic E-state index is 13.6. The van der Waals surface area contributed by atoms with E-state index in [9.17, 15) is 28.1 Å². The summed E-state index contributed by atoms with van der Waals surface area (Å²) in [4.78, 5) is 38.5. The van der Waals surface area contributed by atoms with Gasteiger partial charge in [0.05, 0.1) is 16.9 Å². The van der Waals surface area contributed by atoms with Crippen LogP contribution in [0.5, 0.6) is 0 Å². The molecule has 36 heavy (non-hydrogen) atoms. The number of nitro benzene ring substituents is 1. The van der Waals surface area contributed by atoms with Crippen molar-refractivity contribution in [3.05, 3.63) is 69.3 Å². The molecule has 0 aliphatic rings. The van der Waals surface area contributed by atoms with E-state index in [2.05, 4.69) is 5.32 Å². The summed E-state index contributed by atoms with van der Waals surface area (Å²) in [6.45, 7) is 8.89. The van der Waals surface area contributed by atoms with E-state index in [1.54, 1.807) is 13.8 Å². The quantitative estimate of drug-likeness (QED) is 0.359. The van der Waals surface area contributed by atoms with Crippen LogP contribution in [0.25, 0.3) is 0 Å². The fourth-order valence-electron chi connectivity index (χ4n) is 3.58. The van der Waals surface area contributed by atoms with Gasteiger partial charge in [0.1, 0.15) is 12.6 Å². The van der Waals surface area contributed by atoms with Crippen LogP contribution in [0, 0.1) is 29.9 Å². The Bertz CT molecular complexity index is 1230. The summed E-state index contributed by atoms with van der Waals surface area (Å²) in [6.07, 6.45) is 0.934. The molecule has 0 aromatic heterocycles. The number of rotatable bonds is 11. The van der Waals surface area contributed by atoms with Gasteiger partial charge in [0.15, 0.2) is 0 Å². The largest absolute Gasteiger partial charge is 0.354 e. The third-order valence-corrected chi connectivity index (χ3v) is 6.93. The Morgan fingerprint density at radius 2 is 1.69 bits per heavy atom. The lowest BCUT2D eigenvalue weighted by Gasteiger charge is -2.32. The Hall–Kier alpha value is -3.47. The first-order valence-corrected chi connectivity index (χ1v) is 13.4. The zero-order valence-electron chi connectivity index (χ0n) is 21.5. The van der Waals surface area contributed by atoms with E-state index in [0.29, 0.717) is 12.1 Å². The van der Waals surface area contributed by atoms with E-state index in [0.717, 1.165) is 27.8 Å². The fraction of sp³-hybridized carbons (Fsp3) is 0.440. The summed E-state index contributed by atoms with van der Waals surface area (Å²) in [7, 11) is -4.00. The van der Waals surface area contributed by atoms with E-state index in [4.69, 9.17) is 0 Å². The Morgan fingerprint density at radius 1 is 1.06 bits per heavy atom. The molecular weight excluding hydrogens is 484 g/mol. The summed E-state index contributed by atoms with van der Waals surface area (Å²) in [6, 6.07) is 10.4. The van der Waals surface area contributed by atoms with Crippen molar-refractivity contribution >= 4 is 33.2 Å². The van der Waals surface area contributed by atoms with Gasteiger partial charge in [-0.15, -0.1) is 0 Å². The average molecular weight is 519 g/mol. The molecule has 10 nitrogen and oxygen atoms in total. The van der Waals surface area contributed by atoms with Crippen LogP contribution in [0.2, 0.25) is 0 Å². The van der Waals surface area contributed by atoms with Crippen molar-refractivity contribution in [3.63, 3.8) is 0 Å². The first kappa shape index (κ1) is 28.8. The van der Waals surface area contributed by atoms with Crippen LogP contribution in [0.3, 0.4) is 0 Å². The molecular formula is C25H34N4O6S. The van der Waals surface area contributed by atoms with Crippen molar-refractivity contribution in [2.45, 2.75) is 47.2 Å². The lowest BCUT2D eigenvalue weighted by Crippen LogP contribution is -2.51. The van der Waals surface area contributed by atoms with Crippen LogP contribution in [-0.2, 0) is 26.2 Å². The van der Waals surface area contributed by atoms with Gasteiger partial charge in [0.2, 0.25) is 21.8 Å². The van der Waals surface area contributed by atoms with Crippen LogP contribution >= 0.6 is 0 Å². The van der Waals surface area contributed by atoms with Crippen molar-refractivity contribution in [1.82, 2.24) is 10.2 Å². The van der Waals surface area contributed by atoms with Gasteiger partial charge in [0.25, 0.3) is 5.69 Å². The number of carbonyl (C=O) groups excluding carboxylic acids is 2. The minimum Gasteiger partial charge on any atom is -0.354 e. The first-order valence-electron chi connectivity index (χ1n) is 11.6. The molecule has 2 aromatic carbocycles. The van der Waals surface area contributed by atoms with Crippen molar-refractivity contribution in [2.75, 3.05) is 23.7 Å². The third kappa shape index (κ3) is 7.51. The SMILES string of the molecule is Cc1ccccc1CN(C(=O)CN(c1cc([N+](=O)[O-])ccc1C)S(C)(=O)=O)[C@H](C)C(=O)NCC(C)C. The predicted molar refractivity (Wildman–Crippen MR) is 139 cm³/mol. The number of hydrogen-bond acceptors (Lipinski definition) is 6. The van der Waals surface area contributed by atoms with Crippen LogP contribution in [-0.4, -0.2) is 55.4 Å². The van der Waals surface area contributed by atoms with Crippen LogP contribution in [0.15, 0.2) is 42.5 Å². The number of hydrogen-bond donors (Lipinski definition) is 1. The van der Waals surface area contributed by atoms with Gasteiger partial charge >= 0.3 is 0 Å². The number of sulfonamides is 1. The second-order valence-electron chi connectivity index (χ2n) is 9.26. The topological polar surface area (TPSA) is 130 Å². The number of benzene rings is 2. The molecule has 0 radical (unpaired) electrons. The first-order chi connectivity index (χ1) is 16.7. The highest BCUT2D eigenvalue weighted by molar-refractivity contribution is 7.92. The van der Waals surface area contributed by atoms with Crippen molar-refractivity contribution < 1.29 is 22.9 Å². The molecule has 196 valence electrons. The summed E-state index contributed by atoms with van der Waals surface area (Å²) in [5.41, 5.74) is 1.92. The molecule has 2 rings (SSSR count). The highest BCUT2D eigenvalue weighted by Gasteiger charge is 2.31. The number of anilines is 1. The van der Waals surface area contributed by atoms with Gasteiger partial charge in [-0.1, -0.05) is 44.2 Å². The zero-order valence-corrected chi connectivity index (χ0v) is 22.3. The molecule has 0 aliphatic heterocycles. The summed E-state index contributed by atoms with van der Waals surface area (Å²) in [5.74, 6) is -0.760. The molecule has 0 saturated carbocycles. The van der Waals surface area contributed by atoms with Crippen LogP contribution in [0.1, 0.15) is 37.5 Å². The lowest BCUT2D eigenvalue weighted by molar-refractivity contribution is -0.384. The number of aryl methyl sites for hydroxylation is 2.